The van der Waals surface area contributed by atoms with Crippen molar-refractivity contribution >= 4 is 29.2 Å². The summed E-state index contributed by atoms with van der Waals surface area (Å²) in [6.07, 6.45) is 0.737. The first-order valence-electron chi connectivity index (χ1n) is 7.48. The number of hydrogen-bond donors (Lipinski definition) is 2. The fraction of sp³-hybridized carbons (Fsp3) is 0.438. The van der Waals surface area contributed by atoms with E-state index in [1.165, 1.54) is 0 Å². The summed E-state index contributed by atoms with van der Waals surface area (Å²) >= 11 is 0. The number of anilines is 2. The van der Waals surface area contributed by atoms with Gasteiger partial charge in [-0.15, -0.1) is 0 Å². The predicted molar refractivity (Wildman–Crippen MR) is 82.3 cm³/mol. The van der Waals surface area contributed by atoms with Crippen LogP contribution in [0.3, 0.4) is 0 Å². The van der Waals surface area contributed by atoms with Crippen LogP contribution in [0, 0.1) is 12.3 Å². The maximum absolute atomic E-state index is 12.1. The molecule has 7 nitrogen and oxygen atoms in total. The zero-order valence-electron chi connectivity index (χ0n) is 12.8. The molecule has 1 aromatic carbocycles. The first-order valence-corrected chi connectivity index (χ1v) is 7.48. The number of morpholine rings is 1. The molecule has 23 heavy (non-hydrogen) atoms. The number of aliphatic carboxylic acids is 1. The molecule has 122 valence electrons. The molecule has 3 rings (SSSR count). The van der Waals surface area contributed by atoms with Gasteiger partial charge in [-0.05, 0) is 43.5 Å². The van der Waals surface area contributed by atoms with E-state index in [1.54, 1.807) is 23.1 Å². The number of amides is 2. The fourth-order valence-corrected chi connectivity index (χ4v) is 2.72. The van der Waals surface area contributed by atoms with Crippen molar-refractivity contribution in [1.82, 2.24) is 0 Å². The topological polar surface area (TPSA) is 95.9 Å². The van der Waals surface area contributed by atoms with Crippen LogP contribution in [0.4, 0.5) is 11.4 Å². The maximum atomic E-state index is 12.1. The molecule has 0 atom stereocenters. The van der Waals surface area contributed by atoms with E-state index in [0.717, 1.165) is 11.3 Å². The Morgan fingerprint density at radius 2 is 2.09 bits per heavy atom. The average molecular weight is 318 g/mol. The van der Waals surface area contributed by atoms with E-state index in [1.807, 2.05) is 6.92 Å². The molecule has 1 saturated heterocycles. The highest BCUT2D eigenvalue weighted by Crippen LogP contribution is 2.46. The smallest absolute Gasteiger partial charge is 0.319 e. The SMILES string of the molecule is Cc1cc(NC(=O)C2(C(=O)O)CC2)ccc1N1CCOCC1=O. The highest BCUT2D eigenvalue weighted by molar-refractivity contribution is 6.11. The summed E-state index contributed by atoms with van der Waals surface area (Å²) in [5, 5.41) is 11.8. The van der Waals surface area contributed by atoms with Crippen molar-refractivity contribution in [2.24, 2.45) is 5.41 Å². The summed E-state index contributed by atoms with van der Waals surface area (Å²) in [5.74, 6) is -1.67. The lowest BCUT2D eigenvalue weighted by atomic mass is 10.1. The van der Waals surface area contributed by atoms with Gasteiger partial charge in [0.15, 0.2) is 0 Å². The number of carboxylic acid groups (broad SMARTS) is 1. The Labute approximate surface area is 133 Å². The minimum atomic E-state index is -1.27. The number of hydrogen-bond acceptors (Lipinski definition) is 4. The van der Waals surface area contributed by atoms with Crippen molar-refractivity contribution in [3.05, 3.63) is 23.8 Å². The quantitative estimate of drug-likeness (QED) is 0.812. The normalized spacial score (nSPS) is 19.3. The van der Waals surface area contributed by atoms with E-state index in [9.17, 15) is 14.4 Å². The first-order chi connectivity index (χ1) is 10.9. The van der Waals surface area contributed by atoms with E-state index in [-0.39, 0.29) is 12.5 Å². The molecule has 1 aromatic rings. The number of aryl methyl sites for hydroxylation is 1. The monoisotopic (exact) mass is 318 g/mol. The van der Waals surface area contributed by atoms with Crippen molar-refractivity contribution in [2.75, 3.05) is 30.0 Å². The second-order valence-electron chi connectivity index (χ2n) is 5.94. The van der Waals surface area contributed by atoms with Crippen molar-refractivity contribution in [2.45, 2.75) is 19.8 Å². The van der Waals surface area contributed by atoms with Gasteiger partial charge in [0, 0.05) is 17.9 Å². The van der Waals surface area contributed by atoms with Crippen LogP contribution >= 0.6 is 0 Å². The van der Waals surface area contributed by atoms with Crippen LogP contribution in [0.2, 0.25) is 0 Å². The van der Waals surface area contributed by atoms with Crippen LogP contribution in [-0.2, 0) is 19.1 Å². The zero-order chi connectivity index (χ0) is 16.6. The van der Waals surface area contributed by atoms with Crippen molar-refractivity contribution in [1.29, 1.82) is 0 Å². The lowest BCUT2D eigenvalue weighted by Crippen LogP contribution is -2.42. The summed E-state index contributed by atoms with van der Waals surface area (Å²) < 4.78 is 5.11. The molecule has 2 fully saturated rings. The van der Waals surface area contributed by atoms with Gasteiger partial charge in [0.25, 0.3) is 5.91 Å². The molecule has 1 aliphatic carbocycles. The Balaban J connectivity index is 1.76. The number of rotatable bonds is 4. The molecule has 7 heteroatoms. The molecule has 2 N–H and O–H groups in total. The van der Waals surface area contributed by atoms with E-state index >= 15 is 0 Å². The number of ether oxygens (including phenoxy) is 1. The molecule has 1 aliphatic heterocycles. The Kier molecular flexibility index (Phi) is 3.81. The van der Waals surface area contributed by atoms with Gasteiger partial charge in [0.1, 0.15) is 12.0 Å². The zero-order valence-corrected chi connectivity index (χ0v) is 12.8. The Bertz CT molecular complexity index is 681. The molecule has 0 spiro atoms. The standard InChI is InChI=1S/C16H18N2O5/c1-10-8-11(17-14(20)16(4-5-16)15(21)22)2-3-12(10)18-6-7-23-9-13(18)19/h2-3,8H,4-7,9H2,1H3,(H,17,20)(H,21,22). The van der Waals surface area contributed by atoms with E-state index in [2.05, 4.69) is 5.32 Å². The van der Waals surface area contributed by atoms with E-state index < -0.39 is 17.3 Å². The van der Waals surface area contributed by atoms with Gasteiger partial charge in [0.2, 0.25) is 5.91 Å². The number of nitrogens with zero attached hydrogens (tertiary/aromatic N) is 1. The van der Waals surface area contributed by atoms with Gasteiger partial charge in [-0.2, -0.15) is 0 Å². The van der Waals surface area contributed by atoms with Crippen LogP contribution in [0.15, 0.2) is 18.2 Å². The Hall–Kier alpha value is -2.41. The number of carboxylic acids is 1. The average Bonchev–Trinajstić information content (AvgIpc) is 3.30. The van der Waals surface area contributed by atoms with Crippen LogP contribution in [0.25, 0.3) is 0 Å². The third-order valence-electron chi connectivity index (χ3n) is 4.33. The van der Waals surface area contributed by atoms with Gasteiger partial charge in [0.05, 0.1) is 6.61 Å². The van der Waals surface area contributed by atoms with Gasteiger partial charge in [-0.25, -0.2) is 0 Å². The van der Waals surface area contributed by atoms with Gasteiger partial charge in [-0.1, -0.05) is 0 Å². The van der Waals surface area contributed by atoms with Crippen molar-refractivity contribution in [3.63, 3.8) is 0 Å². The van der Waals surface area contributed by atoms with Gasteiger partial charge >= 0.3 is 5.97 Å². The fourth-order valence-electron chi connectivity index (χ4n) is 2.72. The van der Waals surface area contributed by atoms with E-state index in [4.69, 9.17) is 9.84 Å². The van der Waals surface area contributed by atoms with Gasteiger partial charge in [-0.3, -0.25) is 14.4 Å². The van der Waals surface area contributed by atoms with Crippen molar-refractivity contribution < 1.29 is 24.2 Å². The third kappa shape index (κ3) is 2.79. The Morgan fingerprint density at radius 1 is 1.35 bits per heavy atom. The number of carbonyl (C=O) groups is 3. The predicted octanol–water partition coefficient (Wildman–Crippen LogP) is 1.16. The minimum absolute atomic E-state index is 0.0685. The maximum Gasteiger partial charge on any atom is 0.319 e. The molecule has 1 saturated carbocycles. The second kappa shape index (κ2) is 5.66. The Morgan fingerprint density at radius 3 is 2.65 bits per heavy atom. The van der Waals surface area contributed by atoms with Crippen LogP contribution in [0.5, 0.6) is 0 Å². The largest absolute Gasteiger partial charge is 0.480 e. The first kappa shape index (κ1) is 15.5. The highest BCUT2D eigenvalue weighted by Gasteiger charge is 2.57. The molecule has 0 unspecified atom stereocenters. The number of benzene rings is 1. The summed E-state index contributed by atoms with van der Waals surface area (Å²) in [6, 6.07) is 5.18. The molecular weight excluding hydrogens is 300 g/mol. The molecule has 0 aromatic heterocycles. The number of nitrogens with one attached hydrogen (secondary N) is 1. The third-order valence-corrected chi connectivity index (χ3v) is 4.33. The summed E-state index contributed by atoms with van der Waals surface area (Å²) in [5.41, 5.74) is 0.866. The lowest BCUT2D eigenvalue weighted by Gasteiger charge is -2.28. The van der Waals surface area contributed by atoms with Crippen molar-refractivity contribution in [3.8, 4) is 0 Å². The summed E-state index contributed by atoms with van der Waals surface area (Å²) in [7, 11) is 0. The molecule has 2 aliphatic rings. The van der Waals surface area contributed by atoms with E-state index in [0.29, 0.717) is 31.7 Å². The highest BCUT2D eigenvalue weighted by atomic mass is 16.5. The van der Waals surface area contributed by atoms with Crippen LogP contribution in [-0.4, -0.2) is 42.6 Å². The molecule has 1 heterocycles. The second-order valence-corrected chi connectivity index (χ2v) is 5.94. The number of carbonyl (C=O) groups excluding carboxylic acids is 2. The molecule has 0 radical (unpaired) electrons. The summed E-state index contributed by atoms with van der Waals surface area (Å²) in [4.78, 5) is 36.8. The molecular formula is C16H18N2O5. The van der Waals surface area contributed by atoms with Crippen LogP contribution < -0.4 is 10.2 Å². The molecule has 0 bridgehead atoms. The van der Waals surface area contributed by atoms with Gasteiger partial charge < -0.3 is 20.1 Å². The minimum Gasteiger partial charge on any atom is -0.480 e. The van der Waals surface area contributed by atoms with Crippen LogP contribution in [0.1, 0.15) is 18.4 Å². The molecule has 2 amide bonds. The summed E-state index contributed by atoms with van der Waals surface area (Å²) in [6.45, 7) is 2.90. The lowest BCUT2D eigenvalue weighted by molar-refractivity contribution is -0.147.